The van der Waals surface area contributed by atoms with E-state index in [4.69, 9.17) is 11.6 Å². The van der Waals surface area contributed by atoms with Crippen molar-refractivity contribution >= 4 is 17.5 Å². The van der Waals surface area contributed by atoms with Crippen LogP contribution >= 0.6 is 11.6 Å². The number of benzene rings is 2. The molecule has 3 heteroatoms. The maximum absolute atomic E-state index is 12.4. The number of halogens is 1. The summed E-state index contributed by atoms with van der Waals surface area (Å²) < 4.78 is 0. The molecule has 2 nitrogen and oxygen atoms in total. The Labute approximate surface area is 142 Å². The first kappa shape index (κ1) is 16.1. The van der Waals surface area contributed by atoms with E-state index in [0.717, 1.165) is 12.8 Å². The molecule has 0 spiro atoms. The topological polar surface area (TPSA) is 29.1 Å². The van der Waals surface area contributed by atoms with Gasteiger partial charge in [0.2, 0.25) is 0 Å². The molecule has 23 heavy (non-hydrogen) atoms. The first-order chi connectivity index (χ1) is 11.2. The van der Waals surface area contributed by atoms with Crippen LogP contribution < -0.4 is 5.32 Å². The molecule has 3 rings (SSSR count). The first-order valence-electron chi connectivity index (χ1n) is 8.35. The third-order valence-corrected chi connectivity index (χ3v) is 4.85. The second-order valence-corrected chi connectivity index (χ2v) is 6.61. The fraction of sp³-hybridized carbons (Fsp3) is 0.350. The lowest BCUT2D eigenvalue weighted by Crippen LogP contribution is -2.28. The van der Waals surface area contributed by atoms with Gasteiger partial charge in [-0.2, -0.15) is 0 Å². The molecule has 120 valence electrons. The Kier molecular flexibility index (Phi) is 5.02. The lowest BCUT2D eigenvalue weighted by Gasteiger charge is -2.21. The van der Waals surface area contributed by atoms with Crippen molar-refractivity contribution in [1.82, 2.24) is 5.32 Å². The van der Waals surface area contributed by atoms with Crippen molar-refractivity contribution in [2.45, 2.75) is 45.1 Å². The van der Waals surface area contributed by atoms with Crippen LogP contribution in [0.3, 0.4) is 0 Å². The van der Waals surface area contributed by atoms with Gasteiger partial charge in [-0.05, 0) is 73.1 Å². The minimum Gasteiger partial charge on any atom is -0.345 e. The normalized spacial score (nSPS) is 14.9. The molecule has 0 heterocycles. The molecular formula is C20H22ClNO. The molecule has 0 unspecified atom stereocenters. The summed E-state index contributed by atoms with van der Waals surface area (Å²) in [5.74, 6) is -0.0498. The van der Waals surface area contributed by atoms with Gasteiger partial charge in [0.25, 0.3) is 5.91 Å². The fourth-order valence-corrected chi connectivity index (χ4v) is 3.36. The molecular weight excluding hydrogens is 306 g/mol. The van der Waals surface area contributed by atoms with Gasteiger partial charge in [0.15, 0.2) is 0 Å². The summed E-state index contributed by atoms with van der Waals surface area (Å²) in [6, 6.07) is 13.7. The summed E-state index contributed by atoms with van der Waals surface area (Å²) in [4.78, 5) is 12.4. The van der Waals surface area contributed by atoms with Crippen LogP contribution in [0.1, 0.15) is 59.3 Å². The monoisotopic (exact) mass is 327 g/mol. The highest BCUT2D eigenvalue weighted by atomic mass is 35.5. The molecule has 0 aliphatic heterocycles. The number of aryl methyl sites for hydroxylation is 2. The summed E-state index contributed by atoms with van der Waals surface area (Å²) in [5, 5.41) is 3.79. The van der Waals surface area contributed by atoms with Crippen LogP contribution in [0.25, 0.3) is 0 Å². The van der Waals surface area contributed by atoms with Gasteiger partial charge in [-0.15, -0.1) is 0 Å². The van der Waals surface area contributed by atoms with E-state index >= 15 is 0 Å². The van der Waals surface area contributed by atoms with Crippen LogP contribution in [0.15, 0.2) is 42.5 Å². The highest BCUT2D eigenvalue weighted by Crippen LogP contribution is 2.26. The molecule has 1 aliphatic carbocycles. The number of nitrogens with one attached hydrogen (secondary N) is 1. The van der Waals surface area contributed by atoms with Crippen LogP contribution in [-0.2, 0) is 12.8 Å². The van der Waals surface area contributed by atoms with Crippen LogP contribution in [0.5, 0.6) is 0 Å². The number of rotatable bonds is 4. The predicted molar refractivity (Wildman–Crippen MR) is 95.0 cm³/mol. The minimum absolute atomic E-state index is 0.0467. The zero-order valence-electron chi connectivity index (χ0n) is 13.4. The van der Waals surface area contributed by atoms with Crippen molar-refractivity contribution in [3.8, 4) is 0 Å². The molecule has 2 aromatic rings. The minimum atomic E-state index is -0.0498. The van der Waals surface area contributed by atoms with Crippen molar-refractivity contribution in [3.63, 3.8) is 0 Å². The van der Waals surface area contributed by atoms with Crippen molar-refractivity contribution in [1.29, 1.82) is 0 Å². The Morgan fingerprint density at radius 3 is 2.48 bits per heavy atom. The van der Waals surface area contributed by atoms with E-state index in [0.29, 0.717) is 10.6 Å². The predicted octanol–water partition coefficient (Wildman–Crippen LogP) is 5.10. The average Bonchev–Trinajstić information content (AvgIpc) is 2.59. The summed E-state index contributed by atoms with van der Waals surface area (Å²) in [6.45, 7) is 2.10. The molecule has 0 saturated heterocycles. The zero-order chi connectivity index (χ0) is 16.2. The highest BCUT2D eigenvalue weighted by Gasteiger charge is 2.17. The maximum Gasteiger partial charge on any atom is 0.251 e. The maximum atomic E-state index is 12.4. The van der Waals surface area contributed by atoms with Gasteiger partial charge in [-0.25, -0.2) is 0 Å². The number of carbonyl (C=O) groups excluding carboxylic acids is 1. The van der Waals surface area contributed by atoms with E-state index in [1.54, 1.807) is 24.3 Å². The number of hydrogen-bond acceptors (Lipinski definition) is 1. The second-order valence-electron chi connectivity index (χ2n) is 6.18. The Morgan fingerprint density at radius 2 is 1.78 bits per heavy atom. The van der Waals surface area contributed by atoms with Gasteiger partial charge in [-0.3, -0.25) is 4.79 Å². The molecule has 1 atom stereocenters. The van der Waals surface area contributed by atoms with Gasteiger partial charge >= 0.3 is 0 Å². The largest absolute Gasteiger partial charge is 0.345 e. The Balaban J connectivity index is 1.77. The molecule has 0 fully saturated rings. The van der Waals surface area contributed by atoms with Gasteiger partial charge in [0, 0.05) is 10.6 Å². The average molecular weight is 328 g/mol. The summed E-state index contributed by atoms with van der Waals surface area (Å²) >= 11 is 5.88. The van der Waals surface area contributed by atoms with Crippen molar-refractivity contribution in [3.05, 3.63) is 69.7 Å². The quantitative estimate of drug-likeness (QED) is 0.831. The van der Waals surface area contributed by atoms with E-state index in [1.165, 1.54) is 36.0 Å². The number of hydrogen-bond donors (Lipinski definition) is 1. The summed E-state index contributed by atoms with van der Waals surface area (Å²) in [7, 11) is 0. The molecule has 2 aromatic carbocycles. The number of fused-ring (bicyclic) bond motifs is 1. The summed E-state index contributed by atoms with van der Waals surface area (Å²) in [6.07, 6.45) is 5.77. The van der Waals surface area contributed by atoms with Gasteiger partial charge < -0.3 is 5.32 Å². The molecule has 0 radical (unpaired) electrons. The number of carbonyl (C=O) groups is 1. The fourth-order valence-electron chi connectivity index (χ4n) is 3.23. The first-order valence-corrected chi connectivity index (χ1v) is 8.73. The Bertz CT molecular complexity index is 693. The lowest BCUT2D eigenvalue weighted by molar-refractivity contribution is 0.0935. The van der Waals surface area contributed by atoms with E-state index in [2.05, 4.69) is 30.4 Å². The molecule has 0 saturated carbocycles. The molecule has 1 aliphatic rings. The lowest BCUT2D eigenvalue weighted by atomic mass is 9.88. The van der Waals surface area contributed by atoms with Crippen molar-refractivity contribution in [2.75, 3.05) is 0 Å². The van der Waals surface area contributed by atoms with E-state index in [-0.39, 0.29) is 11.9 Å². The van der Waals surface area contributed by atoms with Gasteiger partial charge in [0.05, 0.1) is 6.04 Å². The molecule has 1 N–H and O–H groups in total. The standard InChI is InChI=1S/C20H22ClNO/c1-2-19(22-20(23)15-9-11-18(21)12-10-15)17-8-7-14-5-3-4-6-16(14)13-17/h7-13,19H,2-6H2,1H3,(H,22,23)/t19-/m0/s1. The molecule has 0 bridgehead atoms. The van der Waals surface area contributed by atoms with Gasteiger partial charge in [0.1, 0.15) is 0 Å². The van der Waals surface area contributed by atoms with Crippen LogP contribution in [0.4, 0.5) is 0 Å². The SMILES string of the molecule is CC[C@H](NC(=O)c1ccc(Cl)cc1)c1ccc2c(c1)CCCC2. The van der Waals surface area contributed by atoms with Crippen LogP contribution in [-0.4, -0.2) is 5.91 Å². The Hall–Kier alpha value is -1.80. The smallest absolute Gasteiger partial charge is 0.251 e. The van der Waals surface area contributed by atoms with Crippen molar-refractivity contribution < 1.29 is 4.79 Å². The Morgan fingerprint density at radius 1 is 1.09 bits per heavy atom. The number of amides is 1. The highest BCUT2D eigenvalue weighted by molar-refractivity contribution is 6.30. The summed E-state index contributed by atoms with van der Waals surface area (Å²) in [5.41, 5.74) is 4.77. The van der Waals surface area contributed by atoms with E-state index in [1.807, 2.05) is 0 Å². The van der Waals surface area contributed by atoms with E-state index < -0.39 is 0 Å². The van der Waals surface area contributed by atoms with E-state index in [9.17, 15) is 4.79 Å². The second kappa shape index (κ2) is 7.18. The van der Waals surface area contributed by atoms with Crippen molar-refractivity contribution in [2.24, 2.45) is 0 Å². The van der Waals surface area contributed by atoms with Gasteiger partial charge in [-0.1, -0.05) is 36.7 Å². The molecule has 1 amide bonds. The molecule has 0 aromatic heterocycles. The third-order valence-electron chi connectivity index (χ3n) is 4.59. The van der Waals surface area contributed by atoms with Crippen LogP contribution in [0.2, 0.25) is 5.02 Å². The van der Waals surface area contributed by atoms with Crippen LogP contribution in [0, 0.1) is 0 Å². The zero-order valence-corrected chi connectivity index (χ0v) is 14.2. The third kappa shape index (κ3) is 3.76.